The van der Waals surface area contributed by atoms with E-state index in [1.165, 1.54) is 0 Å². The van der Waals surface area contributed by atoms with Gasteiger partial charge < -0.3 is 5.11 Å². The van der Waals surface area contributed by atoms with Crippen molar-refractivity contribution in [2.45, 2.75) is 18.4 Å². The van der Waals surface area contributed by atoms with E-state index in [1.54, 1.807) is 0 Å². The molecule has 2 atom stereocenters. The minimum Gasteiger partial charge on any atom is -0.388 e. The average molecular weight is 235 g/mol. The molecule has 0 spiro atoms. The summed E-state index contributed by atoms with van der Waals surface area (Å²) >= 11 is 0. The van der Waals surface area contributed by atoms with Crippen molar-refractivity contribution < 1.29 is 5.11 Å². The Labute approximate surface area is 106 Å². The van der Waals surface area contributed by atoms with Crippen LogP contribution >= 0.6 is 0 Å². The first-order chi connectivity index (χ1) is 8.83. The summed E-state index contributed by atoms with van der Waals surface area (Å²) < 4.78 is 0. The molecular formula is C16H13NO. The normalized spacial score (nSPS) is 20.7. The number of hydrogen-bond donors (Lipinski definition) is 1. The highest BCUT2D eigenvalue weighted by Crippen LogP contribution is 2.46. The number of hydrogen-bond acceptors (Lipinski definition) is 2. The number of rotatable bonds is 1. The molecule has 2 nitrogen and oxygen atoms in total. The van der Waals surface area contributed by atoms with Crippen LogP contribution in [0.15, 0.2) is 48.5 Å². The third kappa shape index (κ3) is 1.53. The highest BCUT2D eigenvalue weighted by molar-refractivity contribution is 5.74. The molecule has 0 aliphatic heterocycles. The zero-order valence-electron chi connectivity index (χ0n) is 9.88. The summed E-state index contributed by atoms with van der Waals surface area (Å²) in [5.74, 6) is -0.124. The largest absolute Gasteiger partial charge is 0.388 e. The average Bonchev–Trinajstić information content (AvgIpc) is 2.43. The summed E-state index contributed by atoms with van der Waals surface area (Å²) in [6, 6.07) is 18.1. The number of benzene rings is 2. The highest BCUT2D eigenvalue weighted by Gasteiger charge is 2.31. The Morgan fingerprint density at radius 2 is 1.50 bits per heavy atom. The summed E-state index contributed by atoms with van der Waals surface area (Å²) in [7, 11) is 0. The molecule has 1 aliphatic carbocycles. The molecule has 2 heteroatoms. The van der Waals surface area contributed by atoms with Crippen LogP contribution in [0.3, 0.4) is 0 Å². The Morgan fingerprint density at radius 1 is 0.944 bits per heavy atom. The van der Waals surface area contributed by atoms with Crippen LogP contribution in [-0.2, 0) is 0 Å². The second-order valence-electron chi connectivity index (χ2n) is 4.59. The van der Waals surface area contributed by atoms with E-state index in [1.807, 2.05) is 42.5 Å². The van der Waals surface area contributed by atoms with Crippen molar-refractivity contribution in [1.82, 2.24) is 0 Å². The molecule has 0 fully saturated rings. The zero-order valence-corrected chi connectivity index (χ0v) is 9.88. The summed E-state index contributed by atoms with van der Waals surface area (Å²) in [6.45, 7) is 0. The minimum absolute atomic E-state index is 0.124. The molecule has 1 aliphatic rings. The van der Waals surface area contributed by atoms with Gasteiger partial charge in [-0.25, -0.2) is 0 Å². The maximum absolute atomic E-state index is 10.4. The summed E-state index contributed by atoms with van der Waals surface area (Å²) in [4.78, 5) is 0. The second kappa shape index (κ2) is 4.29. The van der Waals surface area contributed by atoms with Crippen LogP contribution in [0.2, 0.25) is 0 Å². The molecule has 0 heterocycles. The molecule has 1 N–H and O–H groups in total. The molecule has 0 unspecified atom stereocenters. The summed E-state index contributed by atoms with van der Waals surface area (Å²) in [5.41, 5.74) is 4.22. The highest BCUT2D eigenvalue weighted by atomic mass is 16.3. The Bertz CT molecular complexity index is 627. The maximum Gasteiger partial charge on any atom is 0.0874 e. The molecule has 0 aromatic heterocycles. The maximum atomic E-state index is 10.4. The summed E-state index contributed by atoms with van der Waals surface area (Å²) in [5, 5.41) is 19.4. The van der Waals surface area contributed by atoms with Gasteiger partial charge >= 0.3 is 0 Å². The van der Waals surface area contributed by atoms with Gasteiger partial charge in [0.05, 0.1) is 12.2 Å². The van der Waals surface area contributed by atoms with E-state index >= 15 is 0 Å². The lowest BCUT2D eigenvalue weighted by atomic mass is 9.76. The van der Waals surface area contributed by atoms with E-state index < -0.39 is 6.10 Å². The molecule has 18 heavy (non-hydrogen) atoms. The van der Waals surface area contributed by atoms with Crippen LogP contribution in [-0.4, -0.2) is 5.11 Å². The Kier molecular flexibility index (Phi) is 2.62. The molecule has 0 bridgehead atoms. The first kappa shape index (κ1) is 11.0. The third-order valence-electron chi connectivity index (χ3n) is 3.62. The molecular weight excluding hydrogens is 222 g/mol. The van der Waals surface area contributed by atoms with Crippen LogP contribution in [0.4, 0.5) is 0 Å². The van der Waals surface area contributed by atoms with Crippen molar-refractivity contribution in [3.63, 3.8) is 0 Å². The van der Waals surface area contributed by atoms with E-state index in [0.29, 0.717) is 6.42 Å². The fourth-order valence-electron chi connectivity index (χ4n) is 2.77. The lowest BCUT2D eigenvalue weighted by Gasteiger charge is -2.31. The standard InChI is InChI=1S/C16H13NO/c17-10-9-15-13-7-2-1-5-11(13)12-6-3-4-8-14(12)16(15)18/h1-8,15-16,18H,9H2/t15-,16-/m0/s1. The quantitative estimate of drug-likeness (QED) is 0.823. The number of fused-ring (bicyclic) bond motifs is 3. The first-order valence-electron chi connectivity index (χ1n) is 6.06. The number of nitrogens with zero attached hydrogens (tertiary/aromatic N) is 1. The Morgan fingerprint density at radius 3 is 2.17 bits per heavy atom. The molecule has 0 saturated carbocycles. The molecule has 0 amide bonds. The lowest BCUT2D eigenvalue weighted by Crippen LogP contribution is -2.17. The van der Waals surface area contributed by atoms with Crippen LogP contribution in [0.1, 0.15) is 29.6 Å². The van der Waals surface area contributed by atoms with Crippen molar-refractivity contribution in [2.24, 2.45) is 0 Å². The first-order valence-corrected chi connectivity index (χ1v) is 6.06. The van der Waals surface area contributed by atoms with Gasteiger partial charge in [0.1, 0.15) is 0 Å². The van der Waals surface area contributed by atoms with Crippen LogP contribution in [0.25, 0.3) is 11.1 Å². The van der Waals surface area contributed by atoms with E-state index in [-0.39, 0.29) is 5.92 Å². The van der Waals surface area contributed by atoms with E-state index in [9.17, 15) is 5.11 Å². The zero-order chi connectivity index (χ0) is 12.5. The van der Waals surface area contributed by atoms with Crippen LogP contribution in [0, 0.1) is 11.3 Å². The van der Waals surface area contributed by atoms with Gasteiger partial charge in [-0.1, -0.05) is 48.5 Å². The van der Waals surface area contributed by atoms with Gasteiger partial charge in [-0.15, -0.1) is 0 Å². The molecule has 2 aromatic rings. The van der Waals surface area contributed by atoms with Gasteiger partial charge in [-0.2, -0.15) is 5.26 Å². The van der Waals surface area contributed by atoms with Crippen molar-refractivity contribution >= 4 is 0 Å². The summed E-state index contributed by atoms with van der Waals surface area (Å²) in [6.07, 6.45) is -0.247. The van der Waals surface area contributed by atoms with Gasteiger partial charge in [-0.3, -0.25) is 0 Å². The van der Waals surface area contributed by atoms with Gasteiger partial charge in [-0.05, 0) is 22.3 Å². The monoisotopic (exact) mass is 235 g/mol. The van der Waals surface area contributed by atoms with Crippen LogP contribution in [0.5, 0.6) is 0 Å². The minimum atomic E-state index is -0.587. The van der Waals surface area contributed by atoms with E-state index in [4.69, 9.17) is 5.26 Å². The SMILES string of the molecule is N#CC[C@H]1c2ccccc2-c2ccccc2[C@@H]1O. The van der Waals surface area contributed by atoms with Crippen molar-refractivity contribution in [2.75, 3.05) is 0 Å². The molecule has 88 valence electrons. The van der Waals surface area contributed by atoms with Gasteiger partial charge in [0, 0.05) is 12.3 Å². The molecule has 0 radical (unpaired) electrons. The third-order valence-corrected chi connectivity index (χ3v) is 3.62. The van der Waals surface area contributed by atoms with E-state index in [0.717, 1.165) is 22.3 Å². The Hall–Kier alpha value is -2.11. The molecule has 0 saturated heterocycles. The number of nitriles is 1. The fraction of sp³-hybridized carbons (Fsp3) is 0.188. The van der Waals surface area contributed by atoms with Crippen molar-refractivity contribution in [3.8, 4) is 17.2 Å². The lowest BCUT2D eigenvalue weighted by molar-refractivity contribution is 0.144. The molecule has 3 rings (SSSR count). The predicted molar refractivity (Wildman–Crippen MR) is 69.8 cm³/mol. The van der Waals surface area contributed by atoms with Gasteiger partial charge in [0.15, 0.2) is 0 Å². The van der Waals surface area contributed by atoms with Crippen LogP contribution < -0.4 is 0 Å². The Balaban J connectivity index is 2.25. The predicted octanol–water partition coefficient (Wildman–Crippen LogP) is 3.40. The van der Waals surface area contributed by atoms with Gasteiger partial charge in [0.2, 0.25) is 0 Å². The number of aliphatic hydroxyl groups is 1. The second-order valence-corrected chi connectivity index (χ2v) is 4.59. The van der Waals surface area contributed by atoms with Crippen molar-refractivity contribution in [1.29, 1.82) is 5.26 Å². The smallest absolute Gasteiger partial charge is 0.0874 e. The number of aliphatic hydroxyl groups excluding tert-OH is 1. The van der Waals surface area contributed by atoms with Gasteiger partial charge in [0.25, 0.3) is 0 Å². The topological polar surface area (TPSA) is 44.0 Å². The van der Waals surface area contributed by atoms with E-state index in [2.05, 4.69) is 12.1 Å². The fourth-order valence-corrected chi connectivity index (χ4v) is 2.77. The van der Waals surface area contributed by atoms with Crippen molar-refractivity contribution in [3.05, 3.63) is 59.7 Å². The molecule has 2 aromatic carbocycles.